The lowest BCUT2D eigenvalue weighted by atomic mass is 9.94. The van der Waals surface area contributed by atoms with Crippen molar-refractivity contribution in [3.8, 4) is 0 Å². The maximum atomic E-state index is 13.3. The van der Waals surface area contributed by atoms with Gasteiger partial charge >= 0.3 is 0 Å². The zero-order valence-electron chi connectivity index (χ0n) is 16.8. The molecule has 30 heavy (non-hydrogen) atoms. The molecule has 2 aromatic rings. The number of carbonyl (C=O) groups is 2. The van der Waals surface area contributed by atoms with Gasteiger partial charge in [-0.1, -0.05) is 60.7 Å². The Balaban J connectivity index is 1.56. The Hall–Kier alpha value is -3.12. The van der Waals surface area contributed by atoms with E-state index in [1.165, 1.54) is 11.1 Å². The van der Waals surface area contributed by atoms with Crippen molar-refractivity contribution in [1.29, 1.82) is 0 Å². The van der Waals surface area contributed by atoms with Gasteiger partial charge in [0.1, 0.15) is 11.9 Å². The van der Waals surface area contributed by atoms with Gasteiger partial charge < -0.3 is 14.9 Å². The molecule has 6 nitrogen and oxygen atoms in total. The summed E-state index contributed by atoms with van der Waals surface area (Å²) in [5.41, 5.74) is 2.56. The van der Waals surface area contributed by atoms with Crippen LogP contribution in [0.5, 0.6) is 0 Å². The second-order valence-corrected chi connectivity index (χ2v) is 8.11. The highest BCUT2D eigenvalue weighted by Gasteiger charge is 2.46. The summed E-state index contributed by atoms with van der Waals surface area (Å²) in [5.74, 6) is -0.945. The molecule has 0 aromatic heterocycles. The highest BCUT2D eigenvalue weighted by Crippen LogP contribution is 2.37. The summed E-state index contributed by atoms with van der Waals surface area (Å²) in [6, 6.07) is 20.8. The van der Waals surface area contributed by atoms with Crippen LogP contribution in [0.25, 0.3) is 0 Å². The third-order valence-electron chi connectivity index (χ3n) is 6.38. The maximum absolute atomic E-state index is 13.3. The van der Waals surface area contributed by atoms with Crippen molar-refractivity contribution < 1.29 is 14.7 Å². The lowest BCUT2D eigenvalue weighted by Gasteiger charge is -2.53. The summed E-state index contributed by atoms with van der Waals surface area (Å²) < 4.78 is 0. The number of fused-ring (bicyclic) bond motifs is 2. The number of allylic oxidation sites excluding steroid dienone is 1. The smallest absolute Gasteiger partial charge is 0.275 e. The molecule has 6 heteroatoms. The van der Waals surface area contributed by atoms with Crippen LogP contribution >= 0.6 is 0 Å². The predicted octanol–water partition coefficient (Wildman–Crippen LogP) is 2.69. The van der Waals surface area contributed by atoms with Crippen LogP contribution in [0.2, 0.25) is 0 Å². The summed E-state index contributed by atoms with van der Waals surface area (Å²) in [7, 11) is 0. The van der Waals surface area contributed by atoms with E-state index in [-0.39, 0.29) is 41.8 Å². The Morgan fingerprint density at radius 1 is 0.867 bits per heavy atom. The average molecular weight is 403 g/mol. The summed E-state index contributed by atoms with van der Waals surface area (Å²) in [6.45, 7) is 2.58. The summed E-state index contributed by atoms with van der Waals surface area (Å²) in [4.78, 5) is 31.4. The first-order valence-electron chi connectivity index (χ1n) is 10.5. The molecule has 0 bridgehead atoms. The van der Waals surface area contributed by atoms with Crippen LogP contribution in [-0.2, 0) is 9.59 Å². The van der Waals surface area contributed by atoms with Crippen LogP contribution < -0.4 is 0 Å². The third kappa shape index (κ3) is 3.08. The molecule has 1 atom stereocenters. The van der Waals surface area contributed by atoms with E-state index in [2.05, 4.69) is 29.2 Å². The molecule has 2 aromatic carbocycles. The Labute approximate surface area is 176 Å². The van der Waals surface area contributed by atoms with Gasteiger partial charge in [-0.25, -0.2) is 0 Å². The molecule has 3 heterocycles. The number of piperazine rings is 1. The van der Waals surface area contributed by atoms with E-state index in [9.17, 15) is 14.7 Å². The predicted molar refractivity (Wildman–Crippen MR) is 112 cm³/mol. The van der Waals surface area contributed by atoms with Crippen LogP contribution in [0.15, 0.2) is 72.1 Å². The van der Waals surface area contributed by atoms with Crippen molar-refractivity contribution in [1.82, 2.24) is 14.7 Å². The van der Waals surface area contributed by atoms with Crippen LogP contribution in [-0.4, -0.2) is 63.8 Å². The maximum Gasteiger partial charge on any atom is 0.275 e. The monoisotopic (exact) mass is 403 g/mol. The molecule has 1 unspecified atom stereocenters. The molecule has 154 valence electrons. The molecular formula is C24H25N3O3. The molecule has 0 radical (unpaired) electrons. The molecule has 0 aliphatic carbocycles. The van der Waals surface area contributed by atoms with Crippen molar-refractivity contribution >= 4 is 11.7 Å². The zero-order chi connectivity index (χ0) is 20.7. The van der Waals surface area contributed by atoms with Gasteiger partial charge in [-0.05, 0) is 17.5 Å². The van der Waals surface area contributed by atoms with Gasteiger partial charge in [-0.15, -0.1) is 0 Å². The number of aliphatic hydroxyl groups excluding tert-OH is 1. The van der Waals surface area contributed by atoms with Gasteiger partial charge in [0, 0.05) is 26.1 Å². The average Bonchev–Trinajstić information content (AvgIpc) is 2.78. The van der Waals surface area contributed by atoms with Crippen molar-refractivity contribution in [3.05, 3.63) is 83.2 Å². The van der Waals surface area contributed by atoms with Gasteiger partial charge in [0.05, 0.1) is 12.6 Å². The first-order valence-corrected chi connectivity index (χ1v) is 10.5. The first-order chi connectivity index (χ1) is 14.6. The molecule has 1 amide bonds. The van der Waals surface area contributed by atoms with Crippen LogP contribution in [0.3, 0.4) is 0 Å². The molecule has 0 spiro atoms. The Kier molecular flexibility index (Phi) is 4.79. The Morgan fingerprint density at radius 2 is 1.50 bits per heavy atom. The van der Waals surface area contributed by atoms with Crippen LogP contribution in [0.4, 0.5) is 0 Å². The minimum absolute atomic E-state index is 0.0264. The number of amides is 1. The number of aliphatic hydroxyl groups is 1. The van der Waals surface area contributed by atoms with E-state index in [1.807, 2.05) is 46.2 Å². The third-order valence-corrected chi connectivity index (χ3v) is 6.38. The van der Waals surface area contributed by atoms with E-state index >= 15 is 0 Å². The number of nitrogens with zero attached hydrogens (tertiary/aromatic N) is 3. The molecule has 0 saturated carbocycles. The van der Waals surface area contributed by atoms with E-state index in [4.69, 9.17) is 0 Å². The standard InChI is InChI=1S/C24H25N3O3/c28-19-12-15-25-16-20-26(13-7-14-27(20)24(30)22(25)23(19)29)21(17-8-3-1-4-9-17)18-10-5-2-6-11-18/h1-6,8-11,20-21,29H,7,12-16H2. The fourth-order valence-corrected chi connectivity index (χ4v) is 4.99. The Morgan fingerprint density at radius 3 is 2.13 bits per heavy atom. The Bertz CT molecular complexity index is 950. The highest BCUT2D eigenvalue weighted by atomic mass is 16.3. The van der Waals surface area contributed by atoms with Crippen molar-refractivity contribution in [2.24, 2.45) is 0 Å². The topological polar surface area (TPSA) is 64.1 Å². The first kappa shape index (κ1) is 18.9. The van der Waals surface area contributed by atoms with E-state index < -0.39 is 0 Å². The van der Waals surface area contributed by atoms with Crippen molar-refractivity contribution in [3.63, 3.8) is 0 Å². The lowest BCUT2D eigenvalue weighted by Crippen LogP contribution is -2.66. The van der Waals surface area contributed by atoms with Gasteiger partial charge in [0.15, 0.2) is 5.76 Å². The van der Waals surface area contributed by atoms with Crippen LogP contribution in [0.1, 0.15) is 30.0 Å². The minimum Gasteiger partial charge on any atom is -0.503 e. The fraction of sp³-hybridized carbons (Fsp3) is 0.333. The summed E-state index contributed by atoms with van der Waals surface area (Å²) in [6.07, 6.45) is 0.984. The van der Waals surface area contributed by atoms with Crippen molar-refractivity contribution in [2.75, 3.05) is 26.2 Å². The highest BCUT2D eigenvalue weighted by molar-refractivity contribution is 6.05. The largest absolute Gasteiger partial charge is 0.503 e. The SMILES string of the molecule is O=C1CCN2CC3N(CCCN3C(c3ccccc3)c3ccccc3)C(=O)C2=C1O. The lowest BCUT2D eigenvalue weighted by molar-refractivity contribution is -0.149. The van der Waals surface area contributed by atoms with E-state index in [0.717, 1.165) is 13.0 Å². The van der Waals surface area contributed by atoms with E-state index in [0.29, 0.717) is 19.6 Å². The second-order valence-electron chi connectivity index (χ2n) is 8.11. The molecule has 2 saturated heterocycles. The quantitative estimate of drug-likeness (QED) is 0.854. The number of benzene rings is 2. The van der Waals surface area contributed by atoms with Gasteiger partial charge in [0.2, 0.25) is 5.78 Å². The van der Waals surface area contributed by atoms with Gasteiger partial charge in [0.25, 0.3) is 5.91 Å². The molecular weight excluding hydrogens is 378 g/mol. The van der Waals surface area contributed by atoms with Crippen LogP contribution in [0, 0.1) is 0 Å². The van der Waals surface area contributed by atoms with E-state index in [1.54, 1.807) is 0 Å². The number of hydrogen-bond donors (Lipinski definition) is 1. The number of rotatable bonds is 3. The zero-order valence-corrected chi connectivity index (χ0v) is 16.8. The van der Waals surface area contributed by atoms with Crippen molar-refractivity contribution in [2.45, 2.75) is 25.0 Å². The van der Waals surface area contributed by atoms with Gasteiger partial charge in [-0.2, -0.15) is 0 Å². The number of carbonyl (C=O) groups excluding carboxylic acids is 2. The number of Topliss-reactive ketones (excluding diaryl/α,β-unsaturated/α-hetero) is 1. The number of ketones is 1. The molecule has 1 N–H and O–H groups in total. The molecule has 3 aliphatic heterocycles. The number of hydrogen-bond acceptors (Lipinski definition) is 5. The second kappa shape index (κ2) is 7.61. The molecule has 5 rings (SSSR count). The normalized spacial score (nSPS) is 22.4. The summed E-state index contributed by atoms with van der Waals surface area (Å²) in [5, 5.41) is 10.3. The minimum atomic E-state index is -0.371. The fourth-order valence-electron chi connectivity index (χ4n) is 4.99. The summed E-state index contributed by atoms with van der Waals surface area (Å²) >= 11 is 0. The molecule has 3 aliphatic rings. The molecule has 2 fully saturated rings. The van der Waals surface area contributed by atoms with Gasteiger partial charge in [-0.3, -0.25) is 14.5 Å².